The lowest BCUT2D eigenvalue weighted by atomic mass is 9.99. The Morgan fingerprint density at radius 1 is 1.03 bits per heavy atom. The third-order valence-corrected chi connectivity index (χ3v) is 5.43. The molecule has 0 saturated heterocycles. The Morgan fingerprint density at radius 3 is 2.31 bits per heavy atom. The van der Waals surface area contributed by atoms with Crippen LogP contribution in [0.3, 0.4) is 0 Å². The molecule has 1 amide bonds. The van der Waals surface area contributed by atoms with Gasteiger partial charge in [0.05, 0.1) is 28.2 Å². The Kier molecular flexibility index (Phi) is 6.47. The number of benzene rings is 3. The van der Waals surface area contributed by atoms with Gasteiger partial charge in [-0.2, -0.15) is 28.4 Å². The van der Waals surface area contributed by atoms with Crippen molar-refractivity contribution in [2.45, 2.75) is 19.5 Å². The number of aromatic hydroxyl groups is 1. The van der Waals surface area contributed by atoms with Crippen LogP contribution in [0.4, 0.5) is 24.5 Å². The van der Waals surface area contributed by atoms with Crippen LogP contribution in [0.2, 0.25) is 0 Å². The van der Waals surface area contributed by atoms with Gasteiger partial charge >= 0.3 is 18.1 Å². The second-order valence-corrected chi connectivity index (χ2v) is 7.68. The van der Waals surface area contributed by atoms with Gasteiger partial charge in [0.1, 0.15) is 5.75 Å². The highest BCUT2D eigenvalue weighted by Gasteiger charge is 2.34. The molecule has 8 nitrogen and oxygen atoms in total. The van der Waals surface area contributed by atoms with Gasteiger partial charge in [-0.1, -0.05) is 37.3 Å². The largest absolute Gasteiger partial charge is 0.507 e. The van der Waals surface area contributed by atoms with Crippen molar-refractivity contribution in [1.29, 1.82) is 0 Å². The van der Waals surface area contributed by atoms with E-state index in [4.69, 9.17) is 0 Å². The first kappa shape index (κ1) is 24.5. The number of carboxylic acids is 1. The van der Waals surface area contributed by atoms with Gasteiger partial charge in [-0.15, -0.1) is 0 Å². The fourth-order valence-electron chi connectivity index (χ4n) is 3.64. The number of hydrogen-bond donors (Lipinski definition) is 3. The zero-order valence-electron chi connectivity index (χ0n) is 18.7. The lowest BCUT2D eigenvalue weighted by Gasteiger charge is -2.14. The lowest BCUT2D eigenvalue weighted by molar-refractivity contribution is -0.137. The molecule has 0 saturated carbocycles. The summed E-state index contributed by atoms with van der Waals surface area (Å²) in [5.74, 6) is -2.04. The minimum atomic E-state index is -4.52. The lowest BCUT2D eigenvalue weighted by Crippen LogP contribution is -2.28. The predicted octanol–water partition coefficient (Wildman–Crippen LogP) is 5.36. The van der Waals surface area contributed by atoms with Crippen LogP contribution < -0.4 is 10.4 Å². The van der Waals surface area contributed by atoms with Gasteiger partial charge in [0.25, 0.3) is 0 Å². The van der Waals surface area contributed by atoms with Crippen LogP contribution in [-0.2, 0) is 11.0 Å². The Labute approximate surface area is 203 Å². The molecular weight excluding hydrogens is 477 g/mol. The number of phenols is 1. The van der Waals surface area contributed by atoms with Gasteiger partial charge < -0.3 is 10.2 Å². The molecule has 11 heteroatoms. The molecule has 36 heavy (non-hydrogen) atoms. The van der Waals surface area contributed by atoms with Crippen LogP contribution in [0.15, 0.2) is 76.9 Å². The zero-order valence-corrected chi connectivity index (χ0v) is 18.7. The molecule has 4 rings (SSSR count). The number of carbonyl (C=O) groups is 2. The number of carboxylic acid groups (broad SMARTS) is 1. The van der Waals surface area contributed by atoms with E-state index in [0.717, 1.165) is 29.3 Å². The van der Waals surface area contributed by atoms with Crippen LogP contribution in [0, 0.1) is 0 Å². The van der Waals surface area contributed by atoms with Crippen molar-refractivity contribution in [1.82, 2.24) is 0 Å². The number of carbonyl (C=O) groups excluding carboxylic acids is 1. The van der Waals surface area contributed by atoms with E-state index in [0.29, 0.717) is 11.1 Å². The molecule has 3 aromatic rings. The van der Waals surface area contributed by atoms with Crippen LogP contribution in [0.1, 0.15) is 29.3 Å². The topological polar surface area (TPSA) is 115 Å². The number of hydrogen-bond acceptors (Lipinski definition) is 6. The zero-order chi connectivity index (χ0) is 26.0. The molecule has 0 atom stereocenters. The second kappa shape index (κ2) is 9.53. The minimum Gasteiger partial charge on any atom is -0.507 e. The van der Waals surface area contributed by atoms with Gasteiger partial charge in [0.15, 0.2) is 5.71 Å². The summed E-state index contributed by atoms with van der Waals surface area (Å²) in [6.07, 6.45) is -4.25. The maximum absolute atomic E-state index is 13.1. The molecule has 3 aromatic carbocycles. The highest BCUT2D eigenvalue weighted by atomic mass is 19.4. The molecule has 0 aromatic heterocycles. The number of amides is 1. The Balaban J connectivity index is 1.71. The summed E-state index contributed by atoms with van der Waals surface area (Å²) < 4.78 is 38.7. The Hall–Kier alpha value is -4.67. The molecular formula is C25H19F3N4O4. The average molecular weight is 496 g/mol. The van der Waals surface area contributed by atoms with Crippen molar-refractivity contribution in [3.05, 3.63) is 77.9 Å². The van der Waals surface area contributed by atoms with Crippen molar-refractivity contribution in [3.8, 4) is 16.9 Å². The normalized spacial score (nSPS) is 14.8. The van der Waals surface area contributed by atoms with Gasteiger partial charge in [-0.25, -0.2) is 4.79 Å². The number of nitrogens with zero attached hydrogens (tertiary/aromatic N) is 3. The number of rotatable bonds is 6. The van der Waals surface area contributed by atoms with Gasteiger partial charge in [0.2, 0.25) is 0 Å². The number of nitrogens with one attached hydrogen (secondary N) is 1. The molecule has 184 valence electrons. The van der Waals surface area contributed by atoms with E-state index in [-0.39, 0.29) is 40.5 Å². The summed E-state index contributed by atoms with van der Waals surface area (Å²) in [4.78, 5) is 24.9. The Morgan fingerprint density at radius 2 is 1.69 bits per heavy atom. The van der Waals surface area contributed by atoms with E-state index in [2.05, 4.69) is 15.6 Å². The number of anilines is 2. The first-order valence-corrected chi connectivity index (χ1v) is 10.7. The van der Waals surface area contributed by atoms with Crippen LogP contribution >= 0.6 is 0 Å². The monoisotopic (exact) mass is 496 g/mol. The predicted molar refractivity (Wildman–Crippen MR) is 128 cm³/mol. The first-order chi connectivity index (χ1) is 17.1. The number of para-hydroxylation sites is 2. The average Bonchev–Trinajstić information content (AvgIpc) is 3.17. The number of aromatic carboxylic acids is 1. The van der Waals surface area contributed by atoms with Gasteiger partial charge in [-0.3, -0.25) is 10.2 Å². The minimum absolute atomic E-state index is 0.0373. The fourth-order valence-corrected chi connectivity index (χ4v) is 3.64. The quantitative estimate of drug-likeness (QED) is 0.398. The summed E-state index contributed by atoms with van der Waals surface area (Å²) in [6, 6.07) is 14.7. The molecule has 0 fully saturated rings. The number of phenolic OH excluding ortho intramolecular Hbond substituents is 1. The summed E-state index contributed by atoms with van der Waals surface area (Å²) in [7, 11) is 0. The molecule has 1 aliphatic rings. The second-order valence-electron chi connectivity index (χ2n) is 7.68. The summed E-state index contributed by atoms with van der Waals surface area (Å²) >= 11 is 0. The SMILES string of the molecule is CCC1=NN(c2ccc(C(F)(F)F)cc2)C(=O)C1=NNc1c(C(=O)O)cccc1-c1ccccc1O. The molecule has 1 aliphatic heterocycles. The summed E-state index contributed by atoms with van der Waals surface area (Å²) in [5, 5.41) is 29.2. The molecule has 0 bridgehead atoms. The van der Waals surface area contributed by atoms with E-state index in [1.54, 1.807) is 31.2 Å². The van der Waals surface area contributed by atoms with Crippen LogP contribution in [0.5, 0.6) is 5.75 Å². The van der Waals surface area contributed by atoms with Crippen molar-refractivity contribution in [2.24, 2.45) is 10.2 Å². The van der Waals surface area contributed by atoms with Crippen LogP contribution in [0.25, 0.3) is 11.1 Å². The Bertz CT molecular complexity index is 1400. The highest BCUT2D eigenvalue weighted by molar-refractivity contribution is 6.71. The van der Waals surface area contributed by atoms with Crippen LogP contribution in [-0.4, -0.2) is 33.5 Å². The number of halogens is 3. The smallest absolute Gasteiger partial charge is 0.416 e. The number of alkyl halides is 3. The molecule has 0 spiro atoms. The van der Waals surface area contributed by atoms with Crippen molar-refractivity contribution in [3.63, 3.8) is 0 Å². The maximum Gasteiger partial charge on any atom is 0.416 e. The van der Waals surface area contributed by atoms with Crippen molar-refractivity contribution >= 4 is 34.7 Å². The van der Waals surface area contributed by atoms with E-state index in [1.807, 2.05) is 0 Å². The molecule has 3 N–H and O–H groups in total. The van der Waals surface area contributed by atoms with Gasteiger partial charge in [0, 0.05) is 11.1 Å². The molecule has 1 heterocycles. The third-order valence-electron chi connectivity index (χ3n) is 5.43. The van der Waals surface area contributed by atoms with Crippen molar-refractivity contribution in [2.75, 3.05) is 10.4 Å². The van der Waals surface area contributed by atoms with E-state index in [1.165, 1.54) is 18.2 Å². The highest BCUT2D eigenvalue weighted by Crippen LogP contribution is 2.37. The van der Waals surface area contributed by atoms with Gasteiger partial charge in [-0.05, 0) is 42.8 Å². The first-order valence-electron chi connectivity index (χ1n) is 10.7. The van der Waals surface area contributed by atoms with E-state index >= 15 is 0 Å². The maximum atomic E-state index is 13.1. The molecule has 0 unspecified atom stereocenters. The third kappa shape index (κ3) is 4.63. The molecule has 0 aliphatic carbocycles. The van der Waals surface area contributed by atoms with Crippen molar-refractivity contribution < 1.29 is 33.0 Å². The fraction of sp³-hybridized carbons (Fsp3) is 0.120. The standard InChI is InChI=1S/C25H19F3N4O4/c1-2-19-22(23(34)32(31-19)15-12-10-14(11-13-15)25(26,27)28)30-29-21-17(7-5-8-18(21)24(35)36)16-6-3-4-9-20(16)33/h3-13,29,33H,2H2,1H3,(H,35,36). The summed E-state index contributed by atoms with van der Waals surface area (Å²) in [6.45, 7) is 1.72. The summed E-state index contributed by atoms with van der Waals surface area (Å²) in [5.41, 5.74) is 2.59. The van der Waals surface area contributed by atoms with E-state index in [9.17, 15) is 33.0 Å². The molecule has 0 radical (unpaired) electrons. The van der Waals surface area contributed by atoms with E-state index < -0.39 is 23.6 Å². The number of hydrazone groups is 2.